The van der Waals surface area contributed by atoms with Crippen LogP contribution in [0.15, 0.2) is 74.1 Å². The molecule has 2 heterocycles. The Bertz CT molecular complexity index is 676. The fraction of sp³-hybridized carbons (Fsp3) is 0.0588. The molecule has 2 aromatic heterocycles. The Labute approximate surface area is 128 Å². The minimum atomic E-state index is -1.46. The van der Waals surface area contributed by atoms with E-state index in [2.05, 4.69) is 23.1 Å². The first-order valence-corrected chi connectivity index (χ1v) is 6.58. The number of aromatic nitrogens is 2. The zero-order valence-electron chi connectivity index (χ0n) is 11.9. The maximum absolute atomic E-state index is 12.4. The molecule has 22 heavy (non-hydrogen) atoms. The van der Waals surface area contributed by atoms with Crippen molar-refractivity contribution >= 4 is 18.0 Å². The van der Waals surface area contributed by atoms with Crippen molar-refractivity contribution in [3.63, 3.8) is 0 Å². The van der Waals surface area contributed by atoms with Gasteiger partial charge in [0.1, 0.15) is 5.82 Å². The van der Waals surface area contributed by atoms with Crippen molar-refractivity contribution in [2.45, 2.75) is 5.54 Å². The molecule has 0 spiro atoms. The third-order valence-corrected chi connectivity index (χ3v) is 3.21. The molecule has 0 saturated carbocycles. The molecule has 0 aliphatic rings. The zero-order chi connectivity index (χ0) is 16.0. The molecule has 0 radical (unpaired) electrons. The maximum Gasteiger partial charge on any atom is 0.253 e. The van der Waals surface area contributed by atoms with E-state index in [0.29, 0.717) is 17.8 Å². The van der Waals surface area contributed by atoms with Crippen LogP contribution in [0.3, 0.4) is 0 Å². The van der Waals surface area contributed by atoms with Gasteiger partial charge in [0, 0.05) is 12.4 Å². The number of hydrogen-bond donors (Lipinski definition) is 0. The summed E-state index contributed by atoms with van der Waals surface area (Å²) < 4.78 is 0. The van der Waals surface area contributed by atoms with Crippen LogP contribution in [0.25, 0.3) is 0 Å². The van der Waals surface area contributed by atoms with Gasteiger partial charge < -0.3 is 0 Å². The van der Waals surface area contributed by atoms with Crippen LogP contribution in [0.4, 0.5) is 5.82 Å². The van der Waals surface area contributed by atoms with Gasteiger partial charge in [-0.2, -0.15) is 0 Å². The normalized spacial score (nSPS) is 12.7. The molecule has 5 heteroatoms. The summed E-state index contributed by atoms with van der Waals surface area (Å²) in [6, 6.07) is 10.2. The highest BCUT2D eigenvalue weighted by molar-refractivity contribution is 6.05. The lowest BCUT2D eigenvalue weighted by Gasteiger charge is -2.35. The lowest BCUT2D eigenvalue weighted by Crippen LogP contribution is -2.50. The predicted molar refractivity (Wildman–Crippen MR) is 84.1 cm³/mol. The quantitative estimate of drug-likeness (QED) is 0.465. The van der Waals surface area contributed by atoms with Gasteiger partial charge in [0.15, 0.2) is 11.8 Å². The molecule has 2 rings (SSSR count). The third kappa shape index (κ3) is 2.56. The average molecular weight is 293 g/mol. The van der Waals surface area contributed by atoms with E-state index in [1.807, 2.05) is 0 Å². The van der Waals surface area contributed by atoms with Gasteiger partial charge in [-0.05, 0) is 30.3 Å². The third-order valence-electron chi connectivity index (χ3n) is 3.21. The van der Waals surface area contributed by atoms with Crippen molar-refractivity contribution in [3.05, 3.63) is 79.8 Å². The molecular formula is C17H15N3O2. The number of aldehydes is 1. The second-order valence-electron chi connectivity index (χ2n) is 4.43. The van der Waals surface area contributed by atoms with E-state index < -0.39 is 11.4 Å². The van der Waals surface area contributed by atoms with Crippen LogP contribution in [-0.2, 0) is 15.1 Å². The smallest absolute Gasteiger partial charge is 0.253 e. The summed E-state index contributed by atoms with van der Waals surface area (Å²) in [5.41, 5.74) is -1.08. The zero-order valence-corrected chi connectivity index (χ0v) is 11.9. The van der Waals surface area contributed by atoms with Crippen molar-refractivity contribution in [2.75, 3.05) is 4.90 Å². The first-order valence-electron chi connectivity index (χ1n) is 6.58. The van der Waals surface area contributed by atoms with Gasteiger partial charge >= 0.3 is 0 Å². The van der Waals surface area contributed by atoms with Gasteiger partial charge in [0.05, 0.1) is 5.69 Å². The Morgan fingerprint density at radius 2 is 1.77 bits per heavy atom. The molecule has 1 atom stereocenters. The van der Waals surface area contributed by atoms with Crippen LogP contribution in [0.1, 0.15) is 5.69 Å². The van der Waals surface area contributed by atoms with Crippen molar-refractivity contribution in [2.24, 2.45) is 0 Å². The molecular weight excluding hydrogens is 278 g/mol. The Kier molecular flexibility index (Phi) is 4.58. The van der Waals surface area contributed by atoms with Crippen LogP contribution < -0.4 is 4.90 Å². The molecule has 0 aliphatic carbocycles. The van der Waals surface area contributed by atoms with Gasteiger partial charge in [-0.1, -0.05) is 31.4 Å². The molecule has 0 aromatic carbocycles. The van der Waals surface area contributed by atoms with Gasteiger partial charge in [0.25, 0.3) is 5.91 Å². The lowest BCUT2D eigenvalue weighted by molar-refractivity contribution is -0.119. The second kappa shape index (κ2) is 6.58. The number of hydrogen-bond acceptors (Lipinski definition) is 4. The van der Waals surface area contributed by atoms with E-state index in [1.54, 1.807) is 42.6 Å². The largest absolute Gasteiger partial charge is 0.300 e. The van der Waals surface area contributed by atoms with E-state index in [1.165, 1.54) is 17.2 Å². The predicted octanol–water partition coefficient (Wildman–Crippen LogP) is 2.28. The molecule has 5 nitrogen and oxygen atoms in total. The molecule has 110 valence electrons. The summed E-state index contributed by atoms with van der Waals surface area (Å²) in [6.07, 6.45) is 6.21. The molecule has 2 aromatic rings. The van der Waals surface area contributed by atoms with E-state index >= 15 is 0 Å². The molecule has 1 unspecified atom stereocenters. The number of rotatable bonds is 6. The minimum Gasteiger partial charge on any atom is -0.300 e. The number of carbonyl (C=O) groups excluding carboxylic acids is 2. The number of pyridine rings is 2. The summed E-state index contributed by atoms with van der Waals surface area (Å²) in [5, 5.41) is 0. The highest BCUT2D eigenvalue weighted by Crippen LogP contribution is 2.31. The van der Waals surface area contributed by atoms with Crippen LogP contribution in [0.5, 0.6) is 0 Å². The van der Waals surface area contributed by atoms with E-state index in [-0.39, 0.29) is 0 Å². The number of amides is 1. The molecule has 0 saturated heterocycles. The topological polar surface area (TPSA) is 63.2 Å². The van der Waals surface area contributed by atoms with Crippen LogP contribution in [-0.4, -0.2) is 22.2 Å². The lowest BCUT2D eigenvalue weighted by atomic mass is 9.93. The molecule has 0 bridgehead atoms. The average Bonchev–Trinajstić information content (AvgIpc) is 2.60. The summed E-state index contributed by atoms with van der Waals surface area (Å²) in [7, 11) is 0. The Hall–Kier alpha value is -3.08. The van der Waals surface area contributed by atoms with Crippen molar-refractivity contribution in [3.8, 4) is 0 Å². The summed E-state index contributed by atoms with van der Waals surface area (Å²) in [6.45, 7) is 7.21. The van der Waals surface area contributed by atoms with Crippen LogP contribution >= 0.6 is 0 Å². The Morgan fingerprint density at radius 1 is 1.09 bits per heavy atom. The summed E-state index contributed by atoms with van der Waals surface area (Å²) in [4.78, 5) is 33.9. The molecule has 0 fully saturated rings. The van der Waals surface area contributed by atoms with E-state index in [4.69, 9.17) is 0 Å². The van der Waals surface area contributed by atoms with Crippen molar-refractivity contribution in [1.82, 2.24) is 9.97 Å². The van der Waals surface area contributed by atoms with Crippen LogP contribution in [0.2, 0.25) is 0 Å². The van der Waals surface area contributed by atoms with E-state index in [9.17, 15) is 9.59 Å². The Balaban J connectivity index is 2.70. The highest BCUT2D eigenvalue weighted by Gasteiger charge is 2.41. The van der Waals surface area contributed by atoms with Gasteiger partial charge in [-0.15, -0.1) is 0 Å². The minimum absolute atomic E-state index is 0.310. The first-order chi connectivity index (χ1) is 10.7. The molecule has 1 amide bonds. The van der Waals surface area contributed by atoms with E-state index in [0.717, 1.165) is 6.08 Å². The summed E-state index contributed by atoms with van der Waals surface area (Å²) >= 11 is 0. The first kappa shape index (κ1) is 15.3. The fourth-order valence-corrected chi connectivity index (χ4v) is 2.13. The van der Waals surface area contributed by atoms with Crippen molar-refractivity contribution < 1.29 is 9.59 Å². The van der Waals surface area contributed by atoms with Crippen LogP contribution in [0, 0.1) is 0 Å². The maximum atomic E-state index is 12.4. The molecule has 0 aliphatic heterocycles. The number of carbonyl (C=O) groups is 2. The Morgan fingerprint density at radius 3 is 2.23 bits per heavy atom. The van der Waals surface area contributed by atoms with Gasteiger partial charge in [0.2, 0.25) is 0 Å². The number of anilines is 1. The monoisotopic (exact) mass is 293 g/mol. The summed E-state index contributed by atoms with van der Waals surface area (Å²) in [5.74, 6) is -0.165. The standard InChI is InChI=1S/C17H15N3O2/c1-3-16(22)20(15-10-6-8-12-19-15)17(4-2,13-21)14-9-5-7-11-18-14/h3-13H,1-2H2. The second-order valence-corrected chi connectivity index (χ2v) is 4.43. The number of nitrogens with zero attached hydrogens (tertiary/aromatic N) is 3. The highest BCUT2D eigenvalue weighted by atomic mass is 16.2. The van der Waals surface area contributed by atoms with Gasteiger partial charge in [-0.3, -0.25) is 19.5 Å². The van der Waals surface area contributed by atoms with Gasteiger partial charge in [-0.25, -0.2) is 4.98 Å². The molecule has 0 N–H and O–H groups in total. The SMILES string of the molecule is C=CC(=O)N(c1ccccn1)C(C=C)(C=O)c1ccccn1. The fourth-order valence-electron chi connectivity index (χ4n) is 2.13. The van der Waals surface area contributed by atoms with Crippen molar-refractivity contribution in [1.29, 1.82) is 0 Å².